The van der Waals surface area contributed by atoms with Crippen LogP contribution in [0.15, 0.2) is 62.6 Å². The fraction of sp³-hybridized carbons (Fsp3) is 0.167. The maximum Gasteiger partial charge on any atom is 0.336 e. The minimum Gasteiger partial charge on any atom is -0.493 e. The van der Waals surface area contributed by atoms with Gasteiger partial charge in [0.2, 0.25) is 5.75 Å². The van der Waals surface area contributed by atoms with Crippen LogP contribution >= 0.6 is 0 Å². The molecule has 3 rings (SSSR count). The number of ether oxygens (including phenoxy) is 2. The molecule has 2 aromatic carbocycles. The Kier molecular flexibility index (Phi) is 4.50. The Morgan fingerprint density at radius 3 is 2.36 bits per heavy atom. The van der Waals surface area contributed by atoms with Gasteiger partial charge in [-0.3, -0.25) is 0 Å². The van der Waals surface area contributed by atoms with Crippen LogP contribution in [0.3, 0.4) is 0 Å². The van der Waals surface area contributed by atoms with Gasteiger partial charge in [0, 0.05) is 11.5 Å². The third kappa shape index (κ3) is 3.23. The van der Waals surface area contributed by atoms with Gasteiger partial charge in [-0.1, -0.05) is 18.2 Å². The zero-order chi connectivity index (χ0) is 18.0. The fourth-order valence-electron chi connectivity index (χ4n) is 2.64. The van der Waals surface area contributed by atoms with Crippen molar-refractivity contribution >= 4 is 20.8 Å². The summed E-state index contributed by atoms with van der Waals surface area (Å²) in [5.41, 5.74) is -0.152. The van der Waals surface area contributed by atoms with E-state index in [1.54, 1.807) is 30.3 Å². The van der Waals surface area contributed by atoms with Crippen molar-refractivity contribution in [1.82, 2.24) is 0 Å². The van der Waals surface area contributed by atoms with Crippen molar-refractivity contribution in [3.63, 3.8) is 0 Å². The first kappa shape index (κ1) is 17.0. The summed E-state index contributed by atoms with van der Waals surface area (Å²) in [7, 11) is -0.724. The Hall–Kier alpha value is -2.80. The van der Waals surface area contributed by atoms with Crippen molar-refractivity contribution < 1.29 is 22.3 Å². The van der Waals surface area contributed by atoms with Gasteiger partial charge in [0.25, 0.3) is 0 Å². The van der Waals surface area contributed by atoms with E-state index in [9.17, 15) is 13.2 Å². The number of fused-ring (bicyclic) bond motifs is 1. The highest BCUT2D eigenvalue weighted by Crippen LogP contribution is 2.36. The van der Waals surface area contributed by atoms with Gasteiger partial charge >= 0.3 is 5.63 Å². The van der Waals surface area contributed by atoms with Crippen LogP contribution in [0.25, 0.3) is 11.0 Å². The van der Waals surface area contributed by atoms with E-state index in [0.717, 1.165) is 0 Å². The van der Waals surface area contributed by atoms with Gasteiger partial charge in [-0.15, -0.1) is 0 Å². The van der Waals surface area contributed by atoms with Crippen LogP contribution in [0.2, 0.25) is 0 Å². The molecule has 6 nitrogen and oxygen atoms in total. The first-order valence-corrected chi connectivity index (χ1v) is 9.07. The number of hydrogen-bond acceptors (Lipinski definition) is 6. The minimum absolute atomic E-state index is 0.160. The summed E-state index contributed by atoms with van der Waals surface area (Å²) in [5, 5.41) is 0.483. The highest BCUT2D eigenvalue weighted by Gasteiger charge is 2.20. The lowest BCUT2D eigenvalue weighted by molar-refractivity contribution is 0.352. The van der Waals surface area contributed by atoms with Crippen LogP contribution in [0.1, 0.15) is 5.56 Å². The number of benzene rings is 2. The third-order valence-corrected chi connectivity index (χ3v) is 5.47. The number of methoxy groups -OCH3 is 2. The van der Waals surface area contributed by atoms with Crippen molar-refractivity contribution in [2.75, 3.05) is 14.2 Å². The summed E-state index contributed by atoms with van der Waals surface area (Å²) in [5.74, 6) is 0.312. The van der Waals surface area contributed by atoms with E-state index < -0.39 is 15.5 Å². The average molecular weight is 360 g/mol. The Balaban J connectivity index is 2.19. The number of sulfone groups is 1. The molecule has 0 amide bonds. The minimum atomic E-state index is -3.61. The summed E-state index contributed by atoms with van der Waals surface area (Å²) >= 11 is 0. The molecular formula is C18H16O6S. The normalized spacial score (nSPS) is 11.4. The molecule has 0 atom stereocenters. The monoisotopic (exact) mass is 360 g/mol. The van der Waals surface area contributed by atoms with Crippen molar-refractivity contribution in [2.45, 2.75) is 10.6 Å². The smallest absolute Gasteiger partial charge is 0.336 e. The van der Waals surface area contributed by atoms with Gasteiger partial charge in [-0.05, 0) is 29.8 Å². The van der Waals surface area contributed by atoms with Crippen LogP contribution in [0, 0.1) is 0 Å². The second kappa shape index (κ2) is 6.60. The van der Waals surface area contributed by atoms with E-state index in [0.29, 0.717) is 16.7 Å². The Bertz CT molecular complexity index is 1070. The largest absolute Gasteiger partial charge is 0.493 e. The molecule has 0 bridgehead atoms. The van der Waals surface area contributed by atoms with Crippen molar-refractivity contribution in [3.05, 3.63) is 64.5 Å². The van der Waals surface area contributed by atoms with Crippen molar-refractivity contribution in [1.29, 1.82) is 0 Å². The predicted molar refractivity (Wildman–Crippen MR) is 92.9 cm³/mol. The van der Waals surface area contributed by atoms with Crippen LogP contribution in [0.4, 0.5) is 0 Å². The summed E-state index contributed by atoms with van der Waals surface area (Å²) in [4.78, 5) is 12.1. The standard InChI is InChI=1S/C18H16O6S/c1-22-15-9-8-14-12(10-16(19)24-17(14)18(15)23-2)11-25(20,21)13-6-4-3-5-7-13/h3-10H,11H2,1-2H3. The number of rotatable bonds is 5. The maximum atomic E-state index is 12.6. The van der Waals surface area contributed by atoms with Crippen molar-refractivity contribution in [3.8, 4) is 11.5 Å². The van der Waals surface area contributed by atoms with Gasteiger partial charge < -0.3 is 13.9 Å². The Labute approximate surface area is 144 Å². The molecular weight excluding hydrogens is 344 g/mol. The molecule has 0 fully saturated rings. The summed E-state index contributed by atoms with van der Waals surface area (Å²) in [6.07, 6.45) is 0. The van der Waals surface area contributed by atoms with Crippen molar-refractivity contribution in [2.24, 2.45) is 0 Å². The molecule has 7 heteroatoms. The molecule has 25 heavy (non-hydrogen) atoms. The van der Waals surface area contributed by atoms with Gasteiger partial charge in [-0.2, -0.15) is 0 Å². The fourth-order valence-corrected chi connectivity index (χ4v) is 4.02. The maximum absolute atomic E-state index is 12.6. The third-order valence-electron chi connectivity index (χ3n) is 3.79. The van der Waals surface area contributed by atoms with Crippen LogP contribution in [0.5, 0.6) is 11.5 Å². The second-order valence-corrected chi connectivity index (χ2v) is 7.33. The zero-order valence-electron chi connectivity index (χ0n) is 13.7. The molecule has 1 heterocycles. The molecule has 0 aliphatic carbocycles. The van der Waals surface area contributed by atoms with Crippen LogP contribution < -0.4 is 15.1 Å². The second-order valence-electron chi connectivity index (χ2n) is 5.34. The summed E-state index contributed by atoms with van der Waals surface area (Å²) in [6.45, 7) is 0. The SMILES string of the molecule is COc1ccc2c(CS(=O)(=O)c3ccccc3)cc(=O)oc2c1OC. The van der Waals surface area contributed by atoms with E-state index in [1.165, 1.54) is 32.4 Å². The molecule has 3 aromatic rings. The first-order chi connectivity index (χ1) is 12.0. The van der Waals surface area contributed by atoms with Gasteiger partial charge in [0.1, 0.15) is 0 Å². The Morgan fingerprint density at radius 1 is 1.00 bits per heavy atom. The van der Waals surface area contributed by atoms with E-state index >= 15 is 0 Å². The number of hydrogen-bond donors (Lipinski definition) is 0. The molecule has 0 saturated heterocycles. The molecule has 0 N–H and O–H groups in total. The average Bonchev–Trinajstić information content (AvgIpc) is 2.61. The Morgan fingerprint density at radius 2 is 1.72 bits per heavy atom. The predicted octanol–water partition coefficient (Wildman–Crippen LogP) is 2.78. The van der Waals surface area contributed by atoms with E-state index in [-0.39, 0.29) is 22.0 Å². The molecule has 0 radical (unpaired) electrons. The molecule has 0 saturated carbocycles. The molecule has 0 aliphatic heterocycles. The van der Waals surface area contributed by atoms with E-state index in [1.807, 2.05) is 0 Å². The molecule has 1 aromatic heterocycles. The molecule has 0 unspecified atom stereocenters. The lowest BCUT2D eigenvalue weighted by atomic mass is 10.1. The van der Waals surface area contributed by atoms with Gasteiger partial charge in [0.15, 0.2) is 21.2 Å². The van der Waals surface area contributed by atoms with Gasteiger partial charge in [0.05, 0.1) is 24.9 Å². The lowest BCUT2D eigenvalue weighted by Crippen LogP contribution is -2.09. The molecule has 0 aliphatic rings. The lowest BCUT2D eigenvalue weighted by Gasteiger charge is -2.12. The molecule has 0 spiro atoms. The summed E-state index contributed by atoms with van der Waals surface area (Å²) in [6, 6.07) is 12.6. The summed E-state index contributed by atoms with van der Waals surface area (Å²) < 4.78 is 41.0. The van der Waals surface area contributed by atoms with E-state index in [4.69, 9.17) is 13.9 Å². The highest BCUT2D eigenvalue weighted by atomic mass is 32.2. The topological polar surface area (TPSA) is 82.8 Å². The van der Waals surface area contributed by atoms with Crippen LogP contribution in [-0.2, 0) is 15.6 Å². The molecule has 130 valence electrons. The highest BCUT2D eigenvalue weighted by molar-refractivity contribution is 7.90. The van der Waals surface area contributed by atoms with Gasteiger partial charge in [-0.25, -0.2) is 13.2 Å². The van der Waals surface area contributed by atoms with E-state index in [2.05, 4.69) is 0 Å². The first-order valence-electron chi connectivity index (χ1n) is 7.42. The zero-order valence-corrected chi connectivity index (χ0v) is 14.5. The van der Waals surface area contributed by atoms with Crippen LogP contribution in [-0.4, -0.2) is 22.6 Å². The quantitative estimate of drug-likeness (QED) is 0.651.